The Hall–Kier alpha value is -3.60. The van der Waals surface area contributed by atoms with Gasteiger partial charge < -0.3 is 9.47 Å². The zero-order chi connectivity index (χ0) is 18.4. The molecule has 2 heterocycles. The third-order valence-electron chi connectivity index (χ3n) is 4.79. The quantitative estimate of drug-likeness (QED) is 0.503. The molecule has 0 atom stereocenters. The van der Waals surface area contributed by atoms with Crippen LogP contribution in [-0.2, 0) is 0 Å². The maximum atomic E-state index is 11.6. The monoisotopic (exact) mass is 356 g/mol. The number of imidazole rings is 1. The van der Waals surface area contributed by atoms with Crippen molar-refractivity contribution in [2.75, 3.05) is 6.79 Å². The number of hydrogen-bond acceptors (Lipinski definition) is 4. The maximum Gasteiger partial charge on any atom is 0.231 e. The molecule has 0 unspecified atom stereocenters. The van der Waals surface area contributed by atoms with E-state index in [1.807, 2.05) is 59.2 Å². The number of fused-ring (bicyclic) bond motifs is 2. The van der Waals surface area contributed by atoms with E-state index in [0.29, 0.717) is 5.56 Å². The van der Waals surface area contributed by atoms with E-state index >= 15 is 0 Å². The lowest BCUT2D eigenvalue weighted by Gasteiger charge is -2.10. The third kappa shape index (κ3) is 2.56. The molecular weight excluding hydrogens is 340 g/mol. The van der Waals surface area contributed by atoms with Gasteiger partial charge in [-0.15, -0.1) is 0 Å². The van der Waals surface area contributed by atoms with Crippen LogP contribution in [0.15, 0.2) is 67.0 Å². The predicted octanol–water partition coefficient (Wildman–Crippen LogP) is 4.62. The number of para-hydroxylation sites is 1. The predicted molar refractivity (Wildman–Crippen MR) is 103 cm³/mol. The molecule has 27 heavy (non-hydrogen) atoms. The van der Waals surface area contributed by atoms with E-state index in [0.717, 1.165) is 39.3 Å². The minimum atomic E-state index is 0.0357. The molecule has 0 saturated heterocycles. The first-order valence-corrected chi connectivity index (χ1v) is 8.68. The fourth-order valence-electron chi connectivity index (χ4n) is 3.42. The molecule has 5 nitrogen and oxygen atoms in total. The number of nitrogens with zero attached hydrogens (tertiary/aromatic N) is 2. The van der Waals surface area contributed by atoms with Crippen molar-refractivity contribution in [2.45, 2.75) is 6.92 Å². The summed E-state index contributed by atoms with van der Waals surface area (Å²) in [6, 6.07) is 19.7. The molecule has 1 aromatic heterocycles. The van der Waals surface area contributed by atoms with Gasteiger partial charge in [0.15, 0.2) is 17.3 Å². The van der Waals surface area contributed by atoms with Crippen molar-refractivity contribution in [1.82, 2.24) is 9.55 Å². The molecule has 4 aromatic rings. The number of ketones is 1. The van der Waals surface area contributed by atoms with Gasteiger partial charge in [0.1, 0.15) is 6.33 Å². The van der Waals surface area contributed by atoms with Crippen LogP contribution >= 0.6 is 0 Å². The summed E-state index contributed by atoms with van der Waals surface area (Å²) in [5.74, 6) is 1.58. The molecule has 0 aliphatic carbocycles. The lowest BCUT2D eigenvalue weighted by Crippen LogP contribution is -1.95. The Morgan fingerprint density at radius 2 is 1.93 bits per heavy atom. The Bertz CT molecular complexity index is 1190. The van der Waals surface area contributed by atoms with Crippen molar-refractivity contribution in [3.05, 3.63) is 72.6 Å². The molecule has 5 heteroatoms. The molecule has 0 spiro atoms. The highest BCUT2D eigenvalue weighted by Crippen LogP contribution is 2.41. The standard InChI is InChI=1S/C22H16N2O3/c1-14(25)15-8-9-20-19(11-15)23-12-24(20)17-5-2-4-16(10-17)18-6-3-7-21-22(18)27-13-26-21/h2-12H,13H2,1H3. The molecule has 1 aliphatic heterocycles. The summed E-state index contributed by atoms with van der Waals surface area (Å²) in [5, 5.41) is 0. The van der Waals surface area contributed by atoms with Gasteiger partial charge in [-0.25, -0.2) is 4.98 Å². The smallest absolute Gasteiger partial charge is 0.231 e. The number of benzene rings is 3. The number of carbonyl (C=O) groups excluding carboxylic acids is 1. The number of Topliss-reactive ketones (excluding diaryl/α,β-unsaturated/α-hetero) is 1. The summed E-state index contributed by atoms with van der Waals surface area (Å²) in [6.07, 6.45) is 1.78. The summed E-state index contributed by atoms with van der Waals surface area (Å²) in [4.78, 5) is 16.1. The summed E-state index contributed by atoms with van der Waals surface area (Å²) in [5.41, 5.74) is 5.44. The van der Waals surface area contributed by atoms with E-state index in [-0.39, 0.29) is 12.6 Å². The first kappa shape index (κ1) is 15.6. The van der Waals surface area contributed by atoms with Crippen LogP contribution in [0.4, 0.5) is 0 Å². The van der Waals surface area contributed by atoms with E-state index in [1.165, 1.54) is 0 Å². The summed E-state index contributed by atoms with van der Waals surface area (Å²) in [7, 11) is 0. The second-order valence-electron chi connectivity index (χ2n) is 6.46. The highest BCUT2D eigenvalue weighted by Gasteiger charge is 2.18. The number of hydrogen-bond donors (Lipinski definition) is 0. The molecular formula is C22H16N2O3. The number of aromatic nitrogens is 2. The summed E-state index contributed by atoms with van der Waals surface area (Å²) in [6.45, 7) is 1.81. The zero-order valence-corrected chi connectivity index (χ0v) is 14.7. The Balaban J connectivity index is 1.62. The van der Waals surface area contributed by atoms with Crippen molar-refractivity contribution in [3.8, 4) is 28.3 Å². The Morgan fingerprint density at radius 1 is 1.04 bits per heavy atom. The van der Waals surface area contributed by atoms with Crippen LogP contribution in [0.1, 0.15) is 17.3 Å². The van der Waals surface area contributed by atoms with Crippen LogP contribution in [0.2, 0.25) is 0 Å². The van der Waals surface area contributed by atoms with Crippen molar-refractivity contribution < 1.29 is 14.3 Å². The molecule has 132 valence electrons. The van der Waals surface area contributed by atoms with E-state index in [1.54, 1.807) is 13.3 Å². The summed E-state index contributed by atoms with van der Waals surface area (Å²) < 4.78 is 13.2. The van der Waals surface area contributed by atoms with Gasteiger partial charge in [-0.05, 0) is 48.9 Å². The van der Waals surface area contributed by atoms with Crippen LogP contribution in [-0.4, -0.2) is 22.1 Å². The summed E-state index contributed by atoms with van der Waals surface area (Å²) >= 11 is 0. The van der Waals surface area contributed by atoms with E-state index in [9.17, 15) is 4.79 Å². The first-order valence-electron chi connectivity index (χ1n) is 8.68. The molecule has 1 aliphatic rings. The fraction of sp³-hybridized carbons (Fsp3) is 0.0909. The molecule has 3 aromatic carbocycles. The van der Waals surface area contributed by atoms with Gasteiger partial charge in [-0.3, -0.25) is 9.36 Å². The van der Waals surface area contributed by atoms with E-state index in [2.05, 4.69) is 11.1 Å². The van der Waals surface area contributed by atoms with Gasteiger partial charge in [0.25, 0.3) is 0 Å². The van der Waals surface area contributed by atoms with Gasteiger partial charge >= 0.3 is 0 Å². The highest BCUT2D eigenvalue weighted by molar-refractivity contribution is 5.97. The molecule has 0 saturated carbocycles. The van der Waals surface area contributed by atoms with Crippen molar-refractivity contribution >= 4 is 16.8 Å². The number of ether oxygens (including phenoxy) is 2. The van der Waals surface area contributed by atoms with Gasteiger partial charge in [-0.1, -0.05) is 24.3 Å². The third-order valence-corrected chi connectivity index (χ3v) is 4.79. The van der Waals surface area contributed by atoms with Gasteiger partial charge in [0.05, 0.1) is 11.0 Å². The van der Waals surface area contributed by atoms with Crippen LogP contribution < -0.4 is 9.47 Å². The second kappa shape index (κ2) is 5.99. The fourth-order valence-corrected chi connectivity index (χ4v) is 3.42. The Morgan fingerprint density at radius 3 is 2.81 bits per heavy atom. The maximum absolute atomic E-state index is 11.6. The number of carbonyl (C=O) groups is 1. The minimum Gasteiger partial charge on any atom is -0.454 e. The normalized spacial score (nSPS) is 12.5. The molecule has 0 fully saturated rings. The van der Waals surface area contributed by atoms with E-state index in [4.69, 9.17) is 9.47 Å². The molecule has 5 rings (SSSR count). The van der Waals surface area contributed by atoms with Crippen LogP contribution in [0.25, 0.3) is 27.8 Å². The van der Waals surface area contributed by atoms with Crippen LogP contribution in [0.5, 0.6) is 11.5 Å². The Labute approximate surface area is 155 Å². The molecule has 0 bridgehead atoms. The molecule has 0 N–H and O–H groups in total. The average molecular weight is 356 g/mol. The average Bonchev–Trinajstić information content (AvgIpc) is 3.34. The minimum absolute atomic E-state index is 0.0357. The zero-order valence-electron chi connectivity index (χ0n) is 14.7. The first-order chi connectivity index (χ1) is 13.2. The number of rotatable bonds is 3. The van der Waals surface area contributed by atoms with Gasteiger partial charge in [-0.2, -0.15) is 0 Å². The van der Waals surface area contributed by atoms with Crippen LogP contribution in [0.3, 0.4) is 0 Å². The molecule has 0 radical (unpaired) electrons. The lowest BCUT2D eigenvalue weighted by molar-refractivity contribution is 0.101. The van der Waals surface area contributed by atoms with Crippen molar-refractivity contribution in [1.29, 1.82) is 0 Å². The van der Waals surface area contributed by atoms with Crippen LogP contribution in [0, 0.1) is 0 Å². The Kier molecular flexibility index (Phi) is 3.47. The second-order valence-corrected chi connectivity index (χ2v) is 6.46. The largest absolute Gasteiger partial charge is 0.454 e. The van der Waals surface area contributed by atoms with Crippen molar-refractivity contribution in [3.63, 3.8) is 0 Å². The van der Waals surface area contributed by atoms with Crippen molar-refractivity contribution in [2.24, 2.45) is 0 Å². The molecule has 0 amide bonds. The lowest BCUT2D eigenvalue weighted by atomic mass is 10.0. The highest BCUT2D eigenvalue weighted by atomic mass is 16.7. The van der Waals surface area contributed by atoms with Gasteiger partial charge in [0, 0.05) is 16.8 Å². The SMILES string of the molecule is CC(=O)c1ccc2c(c1)ncn2-c1cccc(-c2cccc3c2OCO3)c1. The van der Waals surface area contributed by atoms with E-state index < -0.39 is 0 Å². The topological polar surface area (TPSA) is 53.4 Å². The van der Waals surface area contributed by atoms with Gasteiger partial charge in [0.2, 0.25) is 6.79 Å².